The molecule has 0 radical (unpaired) electrons. The Morgan fingerprint density at radius 1 is 0.763 bits per heavy atom. The van der Waals surface area contributed by atoms with Gasteiger partial charge in [0.1, 0.15) is 0 Å². The molecule has 0 amide bonds. The highest BCUT2D eigenvalue weighted by molar-refractivity contribution is 6.99. The van der Waals surface area contributed by atoms with Crippen LogP contribution in [0, 0.1) is 0 Å². The van der Waals surface area contributed by atoms with E-state index in [2.05, 4.69) is 82.3 Å². The predicted octanol–water partition coefficient (Wildman–Crippen LogP) is 7.51. The molecule has 4 heteroatoms. The Kier molecular flexibility index (Phi) is 15.2. The summed E-state index contributed by atoms with van der Waals surface area (Å²) in [7, 11) is -2.64. The summed E-state index contributed by atoms with van der Waals surface area (Å²) in [6.07, 6.45) is 19.1. The predicted molar refractivity (Wildman–Crippen MR) is 168 cm³/mol. The van der Waals surface area contributed by atoms with Gasteiger partial charge in [-0.25, -0.2) is 0 Å². The van der Waals surface area contributed by atoms with Gasteiger partial charge in [-0.05, 0) is 28.3 Å². The maximum absolute atomic E-state index is 10.8. The van der Waals surface area contributed by atoms with Crippen molar-refractivity contribution in [3.05, 3.63) is 72.8 Å². The van der Waals surface area contributed by atoms with Gasteiger partial charge in [-0.3, -0.25) is 0 Å². The third-order valence-corrected chi connectivity index (χ3v) is 12.7. The summed E-state index contributed by atoms with van der Waals surface area (Å²) >= 11 is 0. The topological polar surface area (TPSA) is 55.5 Å². The van der Waals surface area contributed by atoms with Crippen LogP contribution in [0.5, 0.6) is 0 Å². The summed E-state index contributed by atoms with van der Waals surface area (Å²) in [6.45, 7) is 9.37. The first-order valence-electron chi connectivity index (χ1n) is 15.2. The average Bonchev–Trinajstić information content (AvgIpc) is 2.92. The van der Waals surface area contributed by atoms with Crippen LogP contribution in [0.1, 0.15) is 105 Å². The van der Waals surface area contributed by atoms with Crippen LogP contribution in [0.15, 0.2) is 72.8 Å². The second-order valence-corrected chi connectivity index (χ2v) is 16.2. The number of nitrogens with two attached hydrogens (primary N) is 1. The zero-order chi connectivity index (χ0) is 27.7. The van der Waals surface area contributed by atoms with E-state index in [1.807, 2.05) is 18.2 Å². The van der Waals surface area contributed by atoms with Gasteiger partial charge in [0.2, 0.25) is 0 Å². The molecule has 0 aliphatic heterocycles. The van der Waals surface area contributed by atoms with Gasteiger partial charge in [0.05, 0.1) is 18.8 Å². The fraction of sp³-hybridized carbons (Fsp3) is 0.588. The Balaban J connectivity index is 1.83. The number of aliphatic hydroxyl groups excluding tert-OH is 1. The van der Waals surface area contributed by atoms with E-state index in [1.165, 1.54) is 81.0 Å². The minimum atomic E-state index is -2.64. The molecule has 0 aliphatic carbocycles. The summed E-state index contributed by atoms with van der Waals surface area (Å²) in [4.78, 5) is 0. The first-order valence-corrected chi connectivity index (χ1v) is 17.1. The van der Waals surface area contributed by atoms with Crippen LogP contribution in [0.25, 0.3) is 0 Å². The van der Waals surface area contributed by atoms with Crippen molar-refractivity contribution >= 4 is 18.7 Å². The number of benzene rings is 2. The molecule has 0 aliphatic rings. The minimum Gasteiger partial charge on any atom is -0.406 e. The smallest absolute Gasteiger partial charge is 0.261 e. The summed E-state index contributed by atoms with van der Waals surface area (Å²) in [6, 6.07) is 20.7. The third kappa shape index (κ3) is 10.4. The number of aliphatic hydroxyl groups is 1. The zero-order valence-electron chi connectivity index (χ0n) is 24.7. The largest absolute Gasteiger partial charge is 0.406 e. The highest BCUT2D eigenvalue weighted by atomic mass is 28.4. The minimum absolute atomic E-state index is 0.106. The molecule has 0 spiro atoms. The van der Waals surface area contributed by atoms with E-state index in [0.29, 0.717) is 6.61 Å². The quantitative estimate of drug-likeness (QED) is 0.111. The number of hydrogen-bond donors (Lipinski definition) is 2. The standard InChI is InChI=1S/C34H55NO2Si/c1-5-6-7-8-9-10-11-12-13-14-15-16-23-28-33(36)32(35)29-37-38(34(2,3)4,30-24-19-17-20-25-30)31-26-21-18-22-27-31/h17-28,32-33,36H,5-16,29,35H2,1-4H3/b28-23+/t32-,33+/m0/s1. The molecular weight excluding hydrogens is 482 g/mol. The van der Waals surface area contributed by atoms with Crippen LogP contribution < -0.4 is 16.1 Å². The zero-order valence-corrected chi connectivity index (χ0v) is 25.7. The van der Waals surface area contributed by atoms with E-state index in [-0.39, 0.29) is 5.04 Å². The molecule has 0 heterocycles. The van der Waals surface area contributed by atoms with E-state index in [4.69, 9.17) is 10.2 Å². The SMILES string of the molecule is CCCCCCCCCCCCC/C=C/[C@@H](O)[C@@H](N)CO[Si](c1ccccc1)(c1ccccc1)C(C)(C)C. The molecule has 0 saturated carbocycles. The molecule has 2 aromatic carbocycles. The fourth-order valence-electron chi connectivity index (χ4n) is 5.39. The monoisotopic (exact) mass is 537 g/mol. The molecule has 0 saturated heterocycles. The Morgan fingerprint density at radius 2 is 1.21 bits per heavy atom. The van der Waals surface area contributed by atoms with Gasteiger partial charge in [0, 0.05) is 0 Å². The fourth-order valence-corrected chi connectivity index (χ4v) is 9.98. The van der Waals surface area contributed by atoms with Crippen molar-refractivity contribution in [3.8, 4) is 0 Å². The molecule has 2 rings (SSSR count). The lowest BCUT2D eigenvalue weighted by atomic mass is 10.0. The third-order valence-electron chi connectivity index (χ3n) is 7.66. The van der Waals surface area contributed by atoms with E-state index >= 15 is 0 Å². The molecule has 0 aromatic heterocycles. The van der Waals surface area contributed by atoms with Crippen molar-refractivity contribution in [2.75, 3.05) is 6.61 Å². The number of unbranched alkanes of at least 4 members (excludes halogenated alkanes) is 11. The van der Waals surface area contributed by atoms with Crippen LogP contribution in [0.2, 0.25) is 5.04 Å². The average molecular weight is 538 g/mol. The van der Waals surface area contributed by atoms with E-state index in [0.717, 1.165) is 6.42 Å². The molecule has 0 fully saturated rings. The Bertz CT molecular complexity index is 839. The lowest BCUT2D eigenvalue weighted by Gasteiger charge is -2.43. The van der Waals surface area contributed by atoms with Gasteiger partial charge in [-0.15, -0.1) is 0 Å². The molecule has 0 bridgehead atoms. The van der Waals surface area contributed by atoms with Crippen molar-refractivity contribution in [2.45, 2.75) is 122 Å². The van der Waals surface area contributed by atoms with Gasteiger partial charge < -0.3 is 15.3 Å². The molecular formula is C34H55NO2Si. The van der Waals surface area contributed by atoms with Crippen molar-refractivity contribution in [1.29, 1.82) is 0 Å². The van der Waals surface area contributed by atoms with Crippen LogP contribution in [-0.4, -0.2) is 32.2 Å². The molecule has 212 valence electrons. The van der Waals surface area contributed by atoms with Gasteiger partial charge in [-0.2, -0.15) is 0 Å². The van der Waals surface area contributed by atoms with Gasteiger partial charge in [-0.1, -0.05) is 165 Å². The first kappa shape index (κ1) is 32.5. The van der Waals surface area contributed by atoms with Crippen molar-refractivity contribution in [3.63, 3.8) is 0 Å². The van der Waals surface area contributed by atoms with Crippen LogP contribution in [0.3, 0.4) is 0 Å². The second kappa shape index (κ2) is 17.8. The number of rotatable bonds is 19. The van der Waals surface area contributed by atoms with E-state index in [9.17, 15) is 5.11 Å². The molecule has 2 aromatic rings. The van der Waals surface area contributed by atoms with Crippen LogP contribution >= 0.6 is 0 Å². The first-order chi connectivity index (χ1) is 18.3. The lowest BCUT2D eigenvalue weighted by molar-refractivity contribution is 0.148. The van der Waals surface area contributed by atoms with Crippen molar-refractivity contribution in [2.24, 2.45) is 5.73 Å². The highest BCUT2D eigenvalue weighted by Crippen LogP contribution is 2.36. The Morgan fingerprint density at radius 3 is 1.66 bits per heavy atom. The maximum Gasteiger partial charge on any atom is 0.261 e. The van der Waals surface area contributed by atoms with Crippen molar-refractivity contribution < 1.29 is 9.53 Å². The van der Waals surface area contributed by atoms with Crippen LogP contribution in [0.4, 0.5) is 0 Å². The highest BCUT2D eigenvalue weighted by Gasteiger charge is 2.50. The molecule has 38 heavy (non-hydrogen) atoms. The molecule has 2 atom stereocenters. The summed E-state index contributed by atoms with van der Waals surface area (Å²) in [5, 5.41) is 13.1. The molecule has 3 N–H and O–H groups in total. The molecule has 0 unspecified atom stereocenters. The van der Waals surface area contributed by atoms with Crippen LogP contribution in [-0.2, 0) is 4.43 Å². The molecule has 3 nitrogen and oxygen atoms in total. The summed E-state index contributed by atoms with van der Waals surface area (Å²) in [5.74, 6) is 0. The van der Waals surface area contributed by atoms with Gasteiger partial charge >= 0.3 is 0 Å². The second-order valence-electron chi connectivity index (χ2n) is 11.9. The van der Waals surface area contributed by atoms with Gasteiger partial charge in [0.25, 0.3) is 8.32 Å². The van der Waals surface area contributed by atoms with E-state index in [1.54, 1.807) is 0 Å². The maximum atomic E-state index is 10.8. The normalized spacial score (nSPS) is 14.2. The Labute approximate surface area is 235 Å². The van der Waals surface area contributed by atoms with E-state index < -0.39 is 20.5 Å². The number of allylic oxidation sites excluding steroid dienone is 1. The summed E-state index contributed by atoms with van der Waals surface area (Å²) in [5.41, 5.74) is 6.47. The van der Waals surface area contributed by atoms with Crippen molar-refractivity contribution in [1.82, 2.24) is 0 Å². The Hall–Kier alpha value is -1.72. The number of hydrogen-bond acceptors (Lipinski definition) is 3. The lowest BCUT2D eigenvalue weighted by Crippen LogP contribution is -2.67. The summed E-state index contributed by atoms with van der Waals surface area (Å²) < 4.78 is 6.89. The van der Waals surface area contributed by atoms with Gasteiger partial charge in [0.15, 0.2) is 0 Å².